The van der Waals surface area contributed by atoms with Crippen LogP contribution in [0.3, 0.4) is 0 Å². The van der Waals surface area contributed by atoms with Crippen LogP contribution in [0.2, 0.25) is 0 Å². The minimum absolute atomic E-state index is 0.123. The molecule has 0 saturated carbocycles. The van der Waals surface area contributed by atoms with Gasteiger partial charge in [0.1, 0.15) is 11.9 Å². The maximum Gasteiger partial charge on any atom is 0.311 e. The fraction of sp³-hybridized carbons (Fsp3) is 0.533. The third kappa shape index (κ3) is 3.70. The van der Waals surface area contributed by atoms with Gasteiger partial charge in [0.05, 0.1) is 19.6 Å². The molecule has 1 aromatic rings. The van der Waals surface area contributed by atoms with Crippen molar-refractivity contribution in [1.29, 1.82) is 0 Å². The smallest absolute Gasteiger partial charge is 0.311 e. The van der Waals surface area contributed by atoms with E-state index in [0.717, 1.165) is 30.8 Å². The molecular formula is C15H20O4. The van der Waals surface area contributed by atoms with Crippen molar-refractivity contribution < 1.29 is 19.0 Å². The number of carbonyl (C=O) groups is 1. The van der Waals surface area contributed by atoms with E-state index in [1.54, 1.807) is 7.11 Å². The van der Waals surface area contributed by atoms with Crippen LogP contribution in [0, 0.1) is 5.92 Å². The summed E-state index contributed by atoms with van der Waals surface area (Å²) in [6, 6.07) is 7.57. The van der Waals surface area contributed by atoms with E-state index in [4.69, 9.17) is 14.2 Å². The molecule has 19 heavy (non-hydrogen) atoms. The van der Waals surface area contributed by atoms with Crippen molar-refractivity contribution in [2.75, 3.05) is 20.3 Å². The second-order valence-corrected chi connectivity index (χ2v) is 4.77. The van der Waals surface area contributed by atoms with E-state index in [1.807, 2.05) is 31.2 Å². The molecule has 0 radical (unpaired) electrons. The molecule has 1 saturated heterocycles. The third-order valence-corrected chi connectivity index (χ3v) is 3.35. The van der Waals surface area contributed by atoms with Crippen molar-refractivity contribution in [3.63, 3.8) is 0 Å². The normalized spacial score (nSPS) is 20.6. The largest absolute Gasteiger partial charge is 0.497 e. The molecule has 1 fully saturated rings. The van der Waals surface area contributed by atoms with Crippen molar-refractivity contribution in [1.82, 2.24) is 0 Å². The molecule has 0 amide bonds. The van der Waals surface area contributed by atoms with Gasteiger partial charge in [-0.05, 0) is 37.5 Å². The number of esters is 1. The van der Waals surface area contributed by atoms with Gasteiger partial charge in [0.2, 0.25) is 0 Å². The van der Waals surface area contributed by atoms with Crippen LogP contribution in [0.15, 0.2) is 24.3 Å². The minimum Gasteiger partial charge on any atom is -0.497 e. The Morgan fingerprint density at radius 2 is 2.32 bits per heavy atom. The van der Waals surface area contributed by atoms with Gasteiger partial charge in [0.25, 0.3) is 0 Å². The van der Waals surface area contributed by atoms with E-state index in [2.05, 4.69) is 0 Å². The van der Waals surface area contributed by atoms with Crippen LogP contribution in [0.25, 0.3) is 0 Å². The molecule has 0 aromatic heterocycles. The van der Waals surface area contributed by atoms with Crippen LogP contribution in [0.5, 0.6) is 5.75 Å². The molecule has 0 N–H and O–H groups in total. The second kappa shape index (κ2) is 6.57. The Hall–Kier alpha value is -1.55. The highest BCUT2D eigenvalue weighted by atomic mass is 16.5. The number of ether oxygens (including phenoxy) is 3. The lowest BCUT2D eigenvalue weighted by Crippen LogP contribution is -2.27. The van der Waals surface area contributed by atoms with Crippen LogP contribution < -0.4 is 4.74 Å². The maximum absolute atomic E-state index is 12.0. The molecule has 0 aliphatic carbocycles. The van der Waals surface area contributed by atoms with Gasteiger partial charge in [-0.15, -0.1) is 0 Å². The average molecular weight is 264 g/mol. The monoisotopic (exact) mass is 264 g/mol. The molecular weight excluding hydrogens is 244 g/mol. The SMILES string of the molecule is COc1cccc(C(C)OC(=O)C2CCCOC2)c1. The number of hydrogen-bond acceptors (Lipinski definition) is 4. The third-order valence-electron chi connectivity index (χ3n) is 3.35. The Morgan fingerprint density at radius 1 is 1.47 bits per heavy atom. The molecule has 4 heteroatoms. The Bertz CT molecular complexity index is 424. The first-order valence-electron chi connectivity index (χ1n) is 6.63. The molecule has 1 aromatic carbocycles. The van der Waals surface area contributed by atoms with Gasteiger partial charge in [-0.3, -0.25) is 4.79 Å². The number of rotatable bonds is 4. The number of hydrogen-bond donors (Lipinski definition) is 0. The van der Waals surface area contributed by atoms with E-state index in [1.165, 1.54) is 0 Å². The second-order valence-electron chi connectivity index (χ2n) is 4.77. The summed E-state index contributed by atoms with van der Waals surface area (Å²) in [5.74, 6) is 0.471. The van der Waals surface area contributed by atoms with E-state index >= 15 is 0 Å². The van der Waals surface area contributed by atoms with E-state index < -0.39 is 0 Å². The lowest BCUT2D eigenvalue weighted by molar-refractivity contribution is -0.158. The van der Waals surface area contributed by atoms with Crippen LogP contribution in [-0.2, 0) is 14.3 Å². The standard InChI is InChI=1S/C15H20O4/c1-11(12-5-3-7-14(9-12)17-2)19-15(16)13-6-4-8-18-10-13/h3,5,7,9,11,13H,4,6,8,10H2,1-2H3. The molecule has 1 aliphatic heterocycles. The fourth-order valence-corrected chi connectivity index (χ4v) is 2.16. The summed E-state index contributed by atoms with van der Waals surface area (Å²) in [6.45, 7) is 3.09. The highest BCUT2D eigenvalue weighted by Gasteiger charge is 2.25. The van der Waals surface area contributed by atoms with Crippen molar-refractivity contribution in [2.24, 2.45) is 5.92 Å². The highest BCUT2D eigenvalue weighted by Crippen LogP contribution is 2.24. The summed E-state index contributed by atoms with van der Waals surface area (Å²) in [6.07, 6.45) is 1.50. The first-order valence-corrected chi connectivity index (χ1v) is 6.63. The molecule has 0 bridgehead atoms. The first-order chi connectivity index (χ1) is 9.20. The van der Waals surface area contributed by atoms with Crippen molar-refractivity contribution in [3.05, 3.63) is 29.8 Å². The van der Waals surface area contributed by atoms with Crippen molar-refractivity contribution >= 4 is 5.97 Å². The van der Waals surface area contributed by atoms with Crippen LogP contribution in [0.4, 0.5) is 0 Å². The summed E-state index contributed by atoms with van der Waals surface area (Å²) in [4.78, 5) is 12.0. The van der Waals surface area contributed by atoms with Gasteiger partial charge in [0.15, 0.2) is 0 Å². The summed E-state index contributed by atoms with van der Waals surface area (Å²) in [5.41, 5.74) is 0.935. The zero-order valence-electron chi connectivity index (χ0n) is 11.4. The molecule has 4 nitrogen and oxygen atoms in total. The summed E-state index contributed by atoms with van der Waals surface area (Å²) >= 11 is 0. The molecule has 1 aliphatic rings. The quantitative estimate of drug-likeness (QED) is 0.784. The summed E-state index contributed by atoms with van der Waals surface area (Å²) in [5, 5.41) is 0. The Balaban J connectivity index is 1.95. The zero-order chi connectivity index (χ0) is 13.7. The highest BCUT2D eigenvalue weighted by molar-refractivity contribution is 5.73. The van der Waals surface area contributed by atoms with Gasteiger partial charge in [-0.1, -0.05) is 12.1 Å². The van der Waals surface area contributed by atoms with Crippen LogP contribution >= 0.6 is 0 Å². The first kappa shape index (κ1) is 13.9. The molecule has 2 atom stereocenters. The minimum atomic E-state index is -0.274. The van der Waals surface area contributed by atoms with Gasteiger partial charge < -0.3 is 14.2 Å². The summed E-state index contributed by atoms with van der Waals surface area (Å²) in [7, 11) is 1.62. The zero-order valence-corrected chi connectivity index (χ0v) is 11.4. The molecule has 0 spiro atoms. The van der Waals surface area contributed by atoms with E-state index in [0.29, 0.717) is 6.61 Å². The number of benzene rings is 1. The van der Waals surface area contributed by atoms with E-state index in [-0.39, 0.29) is 18.0 Å². The predicted molar refractivity (Wildman–Crippen MR) is 71.0 cm³/mol. The molecule has 2 unspecified atom stereocenters. The van der Waals surface area contributed by atoms with E-state index in [9.17, 15) is 4.79 Å². The van der Waals surface area contributed by atoms with Crippen molar-refractivity contribution in [3.8, 4) is 5.75 Å². The van der Waals surface area contributed by atoms with Gasteiger partial charge in [0, 0.05) is 6.61 Å². The Kier molecular flexibility index (Phi) is 4.80. The number of methoxy groups -OCH3 is 1. The van der Waals surface area contributed by atoms with Gasteiger partial charge in [-0.25, -0.2) is 0 Å². The Morgan fingerprint density at radius 3 is 3.00 bits per heavy atom. The van der Waals surface area contributed by atoms with Gasteiger partial charge >= 0.3 is 5.97 Å². The van der Waals surface area contributed by atoms with Gasteiger partial charge in [-0.2, -0.15) is 0 Å². The van der Waals surface area contributed by atoms with Crippen molar-refractivity contribution in [2.45, 2.75) is 25.9 Å². The lowest BCUT2D eigenvalue weighted by Gasteiger charge is -2.23. The molecule has 104 valence electrons. The summed E-state index contributed by atoms with van der Waals surface area (Å²) < 4.78 is 16.0. The maximum atomic E-state index is 12.0. The van der Waals surface area contributed by atoms with Crippen LogP contribution in [-0.4, -0.2) is 26.3 Å². The molecule has 2 rings (SSSR count). The van der Waals surface area contributed by atoms with Crippen LogP contribution in [0.1, 0.15) is 31.4 Å². The lowest BCUT2D eigenvalue weighted by atomic mass is 10.0. The molecule has 1 heterocycles. The fourth-order valence-electron chi connectivity index (χ4n) is 2.16. The Labute approximate surface area is 113 Å². The average Bonchev–Trinajstić information content (AvgIpc) is 2.48. The predicted octanol–water partition coefficient (Wildman–Crippen LogP) is 2.73. The topological polar surface area (TPSA) is 44.8 Å². The number of carbonyl (C=O) groups excluding carboxylic acids is 1.